The lowest BCUT2D eigenvalue weighted by Gasteiger charge is -2.35. The Kier molecular flexibility index (Phi) is 8.80. The Balaban J connectivity index is 1.49. The Morgan fingerprint density at radius 2 is 1.86 bits per heavy atom. The molecular formula is C32H43N3O7. The molecule has 5 atom stereocenters. The Hall–Kier alpha value is -3.56. The molecule has 0 radical (unpaired) electrons. The van der Waals surface area contributed by atoms with Gasteiger partial charge in [0.1, 0.15) is 35.8 Å². The zero-order valence-electron chi connectivity index (χ0n) is 25.1. The van der Waals surface area contributed by atoms with Crippen LogP contribution in [0.3, 0.4) is 0 Å². The van der Waals surface area contributed by atoms with E-state index in [0.717, 1.165) is 61.5 Å². The lowest BCUT2D eigenvalue weighted by molar-refractivity contribution is -0.150. The molecule has 2 fully saturated rings. The van der Waals surface area contributed by atoms with E-state index in [1.807, 2.05) is 45.0 Å². The predicted octanol–water partition coefficient (Wildman–Crippen LogP) is 5.10. The molecular weight excluding hydrogens is 538 g/mol. The molecule has 2 aliphatic heterocycles. The van der Waals surface area contributed by atoms with E-state index >= 15 is 0 Å². The second-order valence-electron chi connectivity index (χ2n) is 13.0. The fourth-order valence-electron chi connectivity index (χ4n) is 6.59. The molecule has 10 heteroatoms. The van der Waals surface area contributed by atoms with Gasteiger partial charge in [0.25, 0.3) is 0 Å². The third kappa shape index (κ3) is 6.57. The Morgan fingerprint density at radius 1 is 1.07 bits per heavy atom. The molecule has 1 aliphatic carbocycles. The summed E-state index contributed by atoms with van der Waals surface area (Å²) in [5.74, 6) is 0.0409. The number of aryl methyl sites for hydroxylation is 1. The number of pyridine rings is 1. The van der Waals surface area contributed by atoms with Crippen molar-refractivity contribution < 1.29 is 33.7 Å². The fraction of sp³-hybridized carbons (Fsp3) is 0.625. The highest BCUT2D eigenvalue weighted by atomic mass is 16.6. The van der Waals surface area contributed by atoms with Crippen molar-refractivity contribution in [2.75, 3.05) is 13.7 Å². The van der Waals surface area contributed by atoms with Gasteiger partial charge in [-0.05, 0) is 74.1 Å². The predicted molar refractivity (Wildman–Crippen MR) is 157 cm³/mol. The van der Waals surface area contributed by atoms with E-state index in [-0.39, 0.29) is 19.1 Å². The van der Waals surface area contributed by atoms with Gasteiger partial charge >= 0.3 is 12.1 Å². The van der Waals surface area contributed by atoms with Crippen LogP contribution in [0.5, 0.6) is 11.5 Å². The molecule has 5 rings (SSSR count). The fourth-order valence-corrected chi connectivity index (χ4v) is 6.59. The van der Waals surface area contributed by atoms with Crippen molar-refractivity contribution in [1.82, 2.24) is 15.2 Å². The Bertz CT molecular complexity index is 1320. The monoisotopic (exact) mass is 581 g/mol. The van der Waals surface area contributed by atoms with E-state index in [2.05, 4.69) is 5.32 Å². The molecule has 2 N–H and O–H groups in total. The van der Waals surface area contributed by atoms with E-state index in [0.29, 0.717) is 23.8 Å². The van der Waals surface area contributed by atoms with Crippen LogP contribution in [-0.2, 0) is 20.7 Å². The molecule has 1 saturated heterocycles. The summed E-state index contributed by atoms with van der Waals surface area (Å²) in [4.78, 5) is 45.6. The van der Waals surface area contributed by atoms with Crippen molar-refractivity contribution in [3.8, 4) is 11.5 Å². The van der Waals surface area contributed by atoms with Crippen LogP contribution in [0.1, 0.15) is 77.8 Å². The molecule has 2 amide bonds. The minimum Gasteiger partial charge on any atom is -0.497 e. The number of hydrogen-bond donors (Lipinski definition) is 2. The van der Waals surface area contributed by atoms with E-state index in [4.69, 9.17) is 19.2 Å². The number of methoxy groups -OCH3 is 1. The Morgan fingerprint density at radius 3 is 2.60 bits per heavy atom. The molecule has 1 saturated carbocycles. The summed E-state index contributed by atoms with van der Waals surface area (Å²) in [5.41, 5.74) is 0.983. The number of fused-ring (bicyclic) bond motifs is 5. The number of nitrogens with zero attached hydrogens (tertiary/aromatic N) is 2. The van der Waals surface area contributed by atoms with Crippen LogP contribution < -0.4 is 14.8 Å². The SMILES string of the molecule is COc1ccc2nc3c(cc2c1)O[C@@H]1C[C@@H](C(=O)O)N(C1)C(=O)[C@H](C(C)(C)C)NC(=O)O[C@@H]1CCCC1CCCCC3. The van der Waals surface area contributed by atoms with Crippen molar-refractivity contribution >= 4 is 28.9 Å². The number of carbonyl (C=O) groups is 3. The summed E-state index contributed by atoms with van der Waals surface area (Å²) < 4.78 is 17.7. The summed E-state index contributed by atoms with van der Waals surface area (Å²) in [6.07, 6.45) is 6.25. The lowest BCUT2D eigenvalue weighted by Crippen LogP contribution is -2.57. The second kappa shape index (κ2) is 12.4. The number of rotatable bonds is 2. The van der Waals surface area contributed by atoms with Crippen LogP contribution in [0.25, 0.3) is 10.9 Å². The van der Waals surface area contributed by atoms with Crippen LogP contribution in [0.15, 0.2) is 24.3 Å². The highest BCUT2D eigenvalue weighted by Gasteiger charge is 2.46. The number of hydrogen-bond acceptors (Lipinski definition) is 7. The first-order valence-corrected chi connectivity index (χ1v) is 15.2. The van der Waals surface area contributed by atoms with Crippen molar-refractivity contribution in [2.24, 2.45) is 11.3 Å². The van der Waals surface area contributed by atoms with Crippen molar-refractivity contribution in [2.45, 2.75) is 103 Å². The first-order valence-electron chi connectivity index (χ1n) is 15.2. The van der Waals surface area contributed by atoms with Gasteiger partial charge in [-0.15, -0.1) is 0 Å². The van der Waals surface area contributed by atoms with E-state index in [1.165, 1.54) is 4.90 Å². The number of carboxylic acid groups (broad SMARTS) is 1. The van der Waals surface area contributed by atoms with Crippen LogP contribution >= 0.6 is 0 Å². The summed E-state index contributed by atoms with van der Waals surface area (Å²) in [7, 11) is 1.61. The third-order valence-electron chi connectivity index (χ3n) is 8.90. The number of ether oxygens (including phenoxy) is 3. The number of amides is 2. The molecule has 42 heavy (non-hydrogen) atoms. The average molecular weight is 582 g/mol. The van der Waals surface area contributed by atoms with Gasteiger partial charge in [0.15, 0.2) is 0 Å². The maximum Gasteiger partial charge on any atom is 0.408 e. The van der Waals surface area contributed by atoms with Gasteiger partial charge in [0.2, 0.25) is 5.91 Å². The number of aliphatic carboxylic acids is 1. The van der Waals surface area contributed by atoms with Crippen LogP contribution in [-0.4, -0.2) is 70.9 Å². The highest BCUT2D eigenvalue weighted by molar-refractivity contribution is 5.90. The maximum absolute atomic E-state index is 13.9. The topological polar surface area (TPSA) is 127 Å². The highest BCUT2D eigenvalue weighted by Crippen LogP contribution is 2.35. The standard InChI is InChI=1S/C32H43N3O7/c1-32(2,3)28-29(36)35-18-22(17-25(35)30(37)38)41-27-16-20-15-21(40-4)13-14-23(20)33-24(27)11-7-5-6-9-19-10-8-12-26(19)42-31(39)34-28/h13-16,19,22,25-26,28H,5-12,17-18H2,1-4H3,(H,34,39)(H,37,38)/t19?,22-,25+,26-,28-/m1/s1. The zero-order valence-corrected chi connectivity index (χ0v) is 25.1. The number of alkyl carbamates (subject to hydrolysis) is 1. The lowest BCUT2D eigenvalue weighted by atomic mass is 9.85. The second-order valence-corrected chi connectivity index (χ2v) is 13.0. The third-order valence-corrected chi connectivity index (χ3v) is 8.90. The molecule has 3 heterocycles. The van der Waals surface area contributed by atoms with Crippen molar-refractivity contribution in [1.29, 1.82) is 0 Å². The van der Waals surface area contributed by atoms with Crippen LogP contribution in [0.4, 0.5) is 4.79 Å². The molecule has 1 aromatic heterocycles. The summed E-state index contributed by atoms with van der Waals surface area (Å²) in [6, 6.07) is 5.61. The van der Waals surface area contributed by atoms with Gasteiger partial charge in [0, 0.05) is 11.8 Å². The van der Waals surface area contributed by atoms with Gasteiger partial charge in [-0.1, -0.05) is 33.6 Å². The number of nitrogens with one attached hydrogen (secondary N) is 1. The molecule has 1 aromatic carbocycles. The van der Waals surface area contributed by atoms with Crippen LogP contribution in [0.2, 0.25) is 0 Å². The largest absolute Gasteiger partial charge is 0.497 e. The quantitative estimate of drug-likeness (QED) is 0.501. The number of aromatic nitrogens is 1. The molecule has 2 bridgehead atoms. The summed E-state index contributed by atoms with van der Waals surface area (Å²) in [5, 5.41) is 13.8. The normalized spacial score (nSPS) is 27.6. The number of carbonyl (C=O) groups excluding carboxylic acids is 2. The first-order chi connectivity index (χ1) is 20.0. The van der Waals surface area contributed by atoms with Gasteiger partial charge in [-0.3, -0.25) is 4.79 Å². The van der Waals surface area contributed by atoms with E-state index in [9.17, 15) is 19.5 Å². The van der Waals surface area contributed by atoms with E-state index in [1.54, 1.807) is 7.11 Å². The van der Waals surface area contributed by atoms with Gasteiger partial charge in [-0.2, -0.15) is 0 Å². The van der Waals surface area contributed by atoms with Crippen molar-refractivity contribution in [3.05, 3.63) is 30.0 Å². The Labute approximate surface area is 247 Å². The molecule has 1 unspecified atom stereocenters. The van der Waals surface area contributed by atoms with E-state index < -0.39 is 41.6 Å². The number of carboxylic acids is 1. The van der Waals surface area contributed by atoms with Gasteiger partial charge in [0.05, 0.1) is 24.9 Å². The van der Waals surface area contributed by atoms with Crippen molar-refractivity contribution in [3.63, 3.8) is 0 Å². The number of benzene rings is 1. The minimum absolute atomic E-state index is 0.0827. The first kappa shape index (κ1) is 29.9. The molecule has 10 nitrogen and oxygen atoms in total. The summed E-state index contributed by atoms with van der Waals surface area (Å²) in [6.45, 7) is 5.63. The summed E-state index contributed by atoms with van der Waals surface area (Å²) >= 11 is 0. The molecule has 228 valence electrons. The zero-order chi connectivity index (χ0) is 30.0. The molecule has 2 aromatic rings. The van der Waals surface area contributed by atoms with Gasteiger partial charge in [-0.25, -0.2) is 14.6 Å². The van der Waals surface area contributed by atoms with Crippen LogP contribution in [0, 0.1) is 11.3 Å². The van der Waals surface area contributed by atoms with Gasteiger partial charge < -0.3 is 29.5 Å². The minimum atomic E-state index is -1.11. The molecule has 3 aliphatic rings. The maximum atomic E-state index is 13.9. The molecule has 0 spiro atoms. The smallest absolute Gasteiger partial charge is 0.408 e. The average Bonchev–Trinajstić information content (AvgIpc) is 3.57.